The number of rotatable bonds is 7. The highest BCUT2D eigenvalue weighted by Crippen LogP contribution is 2.24. The fourth-order valence-corrected chi connectivity index (χ4v) is 3.70. The predicted molar refractivity (Wildman–Crippen MR) is 110 cm³/mol. The molecule has 2 aromatic heterocycles. The molecule has 0 atom stereocenters. The summed E-state index contributed by atoms with van der Waals surface area (Å²) in [6, 6.07) is 14.3. The van der Waals surface area contributed by atoms with E-state index in [2.05, 4.69) is 19.8 Å². The minimum Gasteiger partial charge on any atom is -0.439 e. The van der Waals surface area contributed by atoms with Gasteiger partial charge in [-0.3, -0.25) is 14.8 Å². The van der Waals surface area contributed by atoms with Crippen LogP contribution in [0.25, 0.3) is 5.82 Å². The monoisotopic (exact) mass is 438 g/mol. The van der Waals surface area contributed by atoms with E-state index in [4.69, 9.17) is 4.74 Å². The number of nitro groups is 1. The van der Waals surface area contributed by atoms with Gasteiger partial charge in [0.25, 0.3) is 15.7 Å². The Balaban J connectivity index is 1.48. The minimum absolute atomic E-state index is 0.214. The molecule has 0 spiro atoms. The molecule has 1 N–H and O–H groups in total. The molecule has 31 heavy (non-hydrogen) atoms. The summed E-state index contributed by atoms with van der Waals surface area (Å²) in [7, 11) is -4.00. The van der Waals surface area contributed by atoms with Crippen LogP contribution in [0.15, 0.2) is 84.3 Å². The molecule has 0 saturated carbocycles. The quantitative estimate of drug-likeness (QED) is 0.342. The van der Waals surface area contributed by atoms with Crippen LogP contribution in [-0.2, 0) is 10.0 Å². The van der Waals surface area contributed by atoms with Crippen molar-refractivity contribution in [1.82, 2.24) is 19.7 Å². The summed E-state index contributed by atoms with van der Waals surface area (Å²) in [5.41, 5.74) is -0.0512. The molecule has 2 heterocycles. The largest absolute Gasteiger partial charge is 0.439 e. The normalized spacial score (nSPS) is 11.1. The van der Waals surface area contributed by atoms with Crippen molar-refractivity contribution in [2.45, 2.75) is 4.90 Å². The maximum Gasteiger partial charge on any atom is 0.270 e. The second-order valence-electron chi connectivity index (χ2n) is 6.15. The average molecular weight is 438 g/mol. The van der Waals surface area contributed by atoms with E-state index in [-0.39, 0.29) is 22.2 Å². The summed E-state index contributed by atoms with van der Waals surface area (Å²) < 4.78 is 34.6. The highest BCUT2D eigenvalue weighted by atomic mass is 32.2. The van der Waals surface area contributed by atoms with Crippen molar-refractivity contribution in [2.75, 3.05) is 4.72 Å². The summed E-state index contributed by atoms with van der Waals surface area (Å²) in [6.07, 6.45) is 4.69. The first-order chi connectivity index (χ1) is 14.9. The lowest BCUT2D eigenvalue weighted by Gasteiger charge is -2.10. The van der Waals surface area contributed by atoms with Crippen LogP contribution >= 0.6 is 0 Å². The van der Waals surface area contributed by atoms with Crippen molar-refractivity contribution in [1.29, 1.82) is 0 Å². The average Bonchev–Trinajstić information content (AvgIpc) is 3.30. The summed E-state index contributed by atoms with van der Waals surface area (Å²) in [6.45, 7) is 0. The smallest absolute Gasteiger partial charge is 0.270 e. The Hall–Kier alpha value is -4.32. The minimum atomic E-state index is -4.00. The number of nitrogens with zero attached hydrogens (tertiary/aromatic N) is 5. The number of benzene rings is 2. The van der Waals surface area contributed by atoms with Gasteiger partial charge < -0.3 is 4.74 Å². The van der Waals surface area contributed by atoms with E-state index in [9.17, 15) is 18.5 Å². The van der Waals surface area contributed by atoms with Gasteiger partial charge >= 0.3 is 0 Å². The van der Waals surface area contributed by atoms with Gasteiger partial charge in [-0.2, -0.15) is 5.10 Å². The number of hydrogen-bond donors (Lipinski definition) is 1. The van der Waals surface area contributed by atoms with Gasteiger partial charge in [0.1, 0.15) is 12.1 Å². The zero-order valence-corrected chi connectivity index (χ0v) is 16.5. The second-order valence-corrected chi connectivity index (χ2v) is 7.83. The zero-order chi connectivity index (χ0) is 21.8. The Morgan fingerprint density at radius 3 is 2.55 bits per heavy atom. The lowest BCUT2D eigenvalue weighted by atomic mass is 10.3. The van der Waals surface area contributed by atoms with E-state index < -0.39 is 14.9 Å². The van der Waals surface area contributed by atoms with E-state index in [0.29, 0.717) is 11.6 Å². The number of aromatic nitrogens is 4. The lowest BCUT2D eigenvalue weighted by Crippen LogP contribution is -2.13. The molecule has 0 aliphatic heterocycles. The topological polar surface area (TPSA) is 142 Å². The first kappa shape index (κ1) is 20.0. The molecule has 4 aromatic rings. The van der Waals surface area contributed by atoms with Crippen LogP contribution in [0.5, 0.6) is 11.6 Å². The molecule has 4 rings (SSSR count). The SMILES string of the molecule is O=[N+]([O-])c1cccc(S(=O)(=O)Nc2ccc(Oc3cc(-n4cccn4)ncn3)cc2)c1. The van der Waals surface area contributed by atoms with Crippen molar-refractivity contribution in [3.63, 3.8) is 0 Å². The third-order valence-electron chi connectivity index (χ3n) is 4.03. The molecule has 0 aliphatic rings. The first-order valence-corrected chi connectivity index (χ1v) is 10.3. The molecule has 0 radical (unpaired) electrons. The third-order valence-corrected chi connectivity index (χ3v) is 5.41. The maximum atomic E-state index is 12.5. The third kappa shape index (κ3) is 4.64. The number of anilines is 1. The molecule has 2 aromatic carbocycles. The van der Waals surface area contributed by atoms with E-state index in [1.54, 1.807) is 41.3 Å². The molecular weight excluding hydrogens is 424 g/mol. The highest BCUT2D eigenvalue weighted by Gasteiger charge is 2.18. The van der Waals surface area contributed by atoms with E-state index >= 15 is 0 Å². The van der Waals surface area contributed by atoms with Crippen LogP contribution in [0, 0.1) is 10.1 Å². The predicted octanol–water partition coefficient (Wildman–Crippen LogP) is 3.16. The molecule has 0 amide bonds. The van der Waals surface area contributed by atoms with Crippen molar-refractivity contribution in [3.8, 4) is 17.4 Å². The Labute approximate surface area is 176 Å². The van der Waals surface area contributed by atoms with Crippen molar-refractivity contribution in [3.05, 3.63) is 89.5 Å². The molecule has 0 fully saturated rings. The summed E-state index contributed by atoms with van der Waals surface area (Å²) in [5.74, 6) is 1.23. The van der Waals surface area contributed by atoms with Gasteiger partial charge in [0.2, 0.25) is 5.88 Å². The van der Waals surface area contributed by atoms with Crippen molar-refractivity contribution < 1.29 is 18.1 Å². The number of hydrogen-bond acceptors (Lipinski definition) is 8. The number of non-ortho nitro benzene ring substituents is 1. The summed E-state index contributed by atoms with van der Waals surface area (Å²) in [5, 5.41) is 15.0. The summed E-state index contributed by atoms with van der Waals surface area (Å²) in [4.78, 5) is 18.2. The highest BCUT2D eigenvalue weighted by molar-refractivity contribution is 7.92. The Bertz CT molecular complexity index is 1320. The van der Waals surface area contributed by atoms with Crippen molar-refractivity contribution >= 4 is 21.4 Å². The van der Waals surface area contributed by atoms with Gasteiger partial charge in [-0.25, -0.2) is 23.1 Å². The maximum absolute atomic E-state index is 12.5. The van der Waals surface area contributed by atoms with Crippen LogP contribution in [0.1, 0.15) is 0 Å². The van der Waals surface area contributed by atoms with Gasteiger partial charge in [0.05, 0.1) is 9.82 Å². The molecule has 11 nitrogen and oxygen atoms in total. The summed E-state index contributed by atoms with van der Waals surface area (Å²) >= 11 is 0. The fourth-order valence-electron chi connectivity index (χ4n) is 2.61. The van der Waals surface area contributed by atoms with Crippen LogP contribution in [-0.4, -0.2) is 33.1 Å². The van der Waals surface area contributed by atoms with Gasteiger partial charge in [-0.1, -0.05) is 6.07 Å². The lowest BCUT2D eigenvalue weighted by molar-refractivity contribution is -0.385. The zero-order valence-electron chi connectivity index (χ0n) is 15.7. The number of ether oxygens (including phenoxy) is 1. The fraction of sp³-hybridized carbons (Fsp3) is 0. The Morgan fingerprint density at radius 1 is 1.03 bits per heavy atom. The molecular formula is C19H14N6O5S. The van der Waals surface area contributed by atoms with E-state index in [1.165, 1.54) is 36.7 Å². The molecule has 0 saturated heterocycles. The molecule has 0 unspecified atom stereocenters. The van der Waals surface area contributed by atoms with Gasteiger partial charge in [-0.15, -0.1) is 0 Å². The van der Waals surface area contributed by atoms with Crippen molar-refractivity contribution in [2.24, 2.45) is 0 Å². The molecule has 12 heteroatoms. The molecule has 156 valence electrons. The van der Waals surface area contributed by atoms with Gasteiger partial charge in [0, 0.05) is 36.3 Å². The van der Waals surface area contributed by atoms with Crippen LogP contribution in [0.3, 0.4) is 0 Å². The molecule has 0 aliphatic carbocycles. The Kier molecular flexibility index (Phi) is 5.28. The van der Waals surface area contributed by atoms with Crippen LogP contribution in [0.4, 0.5) is 11.4 Å². The Morgan fingerprint density at radius 2 is 1.84 bits per heavy atom. The second kappa shape index (κ2) is 8.20. The van der Waals surface area contributed by atoms with Crippen LogP contribution in [0.2, 0.25) is 0 Å². The number of nitrogens with one attached hydrogen (secondary N) is 1. The first-order valence-electron chi connectivity index (χ1n) is 8.78. The van der Waals surface area contributed by atoms with E-state index in [0.717, 1.165) is 6.07 Å². The number of nitro benzene ring substituents is 1. The van der Waals surface area contributed by atoms with Gasteiger partial charge in [0.15, 0.2) is 5.82 Å². The van der Waals surface area contributed by atoms with Crippen LogP contribution < -0.4 is 9.46 Å². The molecule has 0 bridgehead atoms. The standard InChI is InChI=1S/C19H14N6O5S/c26-25(27)15-3-1-4-17(11-15)31(28,29)23-14-5-7-16(8-6-14)30-19-12-18(20-13-21-19)24-10-2-9-22-24/h1-13,23H. The van der Waals surface area contributed by atoms with E-state index in [1.807, 2.05) is 0 Å². The van der Waals surface area contributed by atoms with Gasteiger partial charge in [-0.05, 0) is 36.4 Å². The number of sulfonamides is 1.